The van der Waals surface area contributed by atoms with Crippen molar-refractivity contribution in [1.29, 1.82) is 0 Å². The van der Waals surface area contributed by atoms with E-state index >= 15 is 0 Å². The average molecular weight is 399 g/mol. The predicted molar refractivity (Wildman–Crippen MR) is 92.3 cm³/mol. The number of hydrogen-bond donors (Lipinski definition) is 1. The standard InChI is InChI=1S/C17H22INO2/c1-12-4-2-3-5-15(12)19-17(21)11-10-16(20)13-6-8-14(18)9-7-13/h6-9,12,15H,2-5,10-11H2,1H3,(H,19,21)/t12-,15+/m1/s1. The quantitative estimate of drug-likeness (QED) is 0.602. The first kappa shape index (κ1) is 16.5. The number of carbonyl (C=O) groups is 2. The van der Waals surface area contributed by atoms with Gasteiger partial charge >= 0.3 is 0 Å². The van der Waals surface area contributed by atoms with Gasteiger partial charge in [-0.25, -0.2) is 0 Å². The van der Waals surface area contributed by atoms with Crippen LogP contribution in [0.3, 0.4) is 0 Å². The van der Waals surface area contributed by atoms with Crippen molar-refractivity contribution in [2.45, 2.75) is 51.5 Å². The summed E-state index contributed by atoms with van der Waals surface area (Å²) in [4.78, 5) is 24.0. The monoisotopic (exact) mass is 399 g/mol. The van der Waals surface area contributed by atoms with Gasteiger partial charge in [-0.1, -0.05) is 31.9 Å². The molecule has 3 nitrogen and oxygen atoms in total. The zero-order chi connectivity index (χ0) is 15.2. The number of halogens is 1. The van der Waals surface area contributed by atoms with Gasteiger partial charge in [-0.05, 0) is 53.5 Å². The molecule has 1 aliphatic rings. The molecule has 1 aliphatic carbocycles. The fourth-order valence-corrected chi connectivity index (χ4v) is 3.18. The topological polar surface area (TPSA) is 46.2 Å². The maximum Gasteiger partial charge on any atom is 0.220 e. The van der Waals surface area contributed by atoms with Gasteiger partial charge in [0, 0.05) is 28.0 Å². The summed E-state index contributed by atoms with van der Waals surface area (Å²) in [5.74, 6) is 0.598. The van der Waals surface area contributed by atoms with Crippen molar-refractivity contribution in [3.05, 3.63) is 33.4 Å². The summed E-state index contributed by atoms with van der Waals surface area (Å²) in [6.45, 7) is 2.20. The number of benzene rings is 1. The average Bonchev–Trinajstić information content (AvgIpc) is 2.48. The molecule has 2 rings (SSSR count). The Kier molecular flexibility index (Phi) is 6.21. The zero-order valence-corrected chi connectivity index (χ0v) is 14.6. The van der Waals surface area contributed by atoms with E-state index < -0.39 is 0 Å². The van der Waals surface area contributed by atoms with Crippen LogP contribution in [0.4, 0.5) is 0 Å². The Labute approximate surface area is 140 Å². The third-order valence-electron chi connectivity index (χ3n) is 4.20. The van der Waals surface area contributed by atoms with Crippen LogP contribution in [-0.2, 0) is 4.79 Å². The smallest absolute Gasteiger partial charge is 0.220 e. The number of rotatable bonds is 5. The maximum atomic E-state index is 12.0. The molecule has 1 fully saturated rings. The second-order valence-corrected chi connectivity index (χ2v) is 7.11. The third kappa shape index (κ3) is 5.09. The van der Waals surface area contributed by atoms with Crippen LogP contribution in [0.5, 0.6) is 0 Å². The SMILES string of the molecule is C[C@@H]1CCCC[C@@H]1NC(=O)CCC(=O)c1ccc(I)cc1. The van der Waals surface area contributed by atoms with E-state index in [9.17, 15) is 9.59 Å². The normalized spacial score (nSPS) is 21.8. The van der Waals surface area contributed by atoms with Gasteiger partial charge < -0.3 is 5.32 Å². The Hall–Kier alpha value is -0.910. The van der Waals surface area contributed by atoms with E-state index in [-0.39, 0.29) is 24.5 Å². The van der Waals surface area contributed by atoms with Crippen molar-refractivity contribution in [2.75, 3.05) is 0 Å². The lowest BCUT2D eigenvalue weighted by molar-refractivity contribution is -0.122. The van der Waals surface area contributed by atoms with Gasteiger partial charge in [0.05, 0.1) is 0 Å². The molecular formula is C17H22INO2. The summed E-state index contributed by atoms with van der Waals surface area (Å²) in [6.07, 6.45) is 5.28. The summed E-state index contributed by atoms with van der Waals surface area (Å²) in [7, 11) is 0. The molecule has 1 saturated carbocycles. The molecule has 0 aromatic heterocycles. The van der Waals surface area contributed by atoms with Gasteiger partial charge in [-0.2, -0.15) is 0 Å². The highest BCUT2D eigenvalue weighted by Crippen LogP contribution is 2.23. The summed E-state index contributed by atoms with van der Waals surface area (Å²) in [5, 5.41) is 3.09. The Balaban J connectivity index is 1.78. The Bertz CT molecular complexity index is 498. The molecule has 1 aromatic carbocycles. The summed E-state index contributed by atoms with van der Waals surface area (Å²) < 4.78 is 1.10. The van der Waals surface area contributed by atoms with Crippen LogP contribution in [0, 0.1) is 9.49 Å². The molecule has 0 unspecified atom stereocenters. The number of amides is 1. The number of ketones is 1. The van der Waals surface area contributed by atoms with Crippen molar-refractivity contribution >= 4 is 34.3 Å². The van der Waals surface area contributed by atoms with E-state index in [1.807, 2.05) is 24.3 Å². The molecule has 4 heteroatoms. The number of Topliss-reactive ketones (excluding diaryl/α,β-unsaturated/α-hetero) is 1. The van der Waals surface area contributed by atoms with Crippen LogP contribution in [0.25, 0.3) is 0 Å². The van der Waals surface area contributed by atoms with E-state index in [0.29, 0.717) is 17.5 Å². The highest BCUT2D eigenvalue weighted by molar-refractivity contribution is 14.1. The number of nitrogens with one attached hydrogen (secondary N) is 1. The largest absolute Gasteiger partial charge is 0.353 e. The number of carbonyl (C=O) groups excluding carboxylic acids is 2. The van der Waals surface area contributed by atoms with E-state index in [2.05, 4.69) is 34.8 Å². The van der Waals surface area contributed by atoms with Crippen molar-refractivity contribution in [1.82, 2.24) is 5.32 Å². The molecule has 0 saturated heterocycles. The van der Waals surface area contributed by atoms with Gasteiger partial charge in [-0.15, -0.1) is 0 Å². The van der Waals surface area contributed by atoms with Crippen LogP contribution in [0.15, 0.2) is 24.3 Å². The first-order valence-electron chi connectivity index (χ1n) is 7.64. The zero-order valence-electron chi connectivity index (χ0n) is 12.4. The third-order valence-corrected chi connectivity index (χ3v) is 4.92. The molecule has 1 amide bonds. The minimum Gasteiger partial charge on any atom is -0.353 e. The fourth-order valence-electron chi connectivity index (χ4n) is 2.82. The van der Waals surface area contributed by atoms with E-state index in [0.717, 1.165) is 9.99 Å². The molecule has 0 aliphatic heterocycles. The van der Waals surface area contributed by atoms with Crippen molar-refractivity contribution in [3.63, 3.8) is 0 Å². The van der Waals surface area contributed by atoms with Crippen LogP contribution in [0.2, 0.25) is 0 Å². The molecule has 1 aromatic rings. The second kappa shape index (κ2) is 7.92. The van der Waals surface area contributed by atoms with Crippen molar-refractivity contribution < 1.29 is 9.59 Å². The first-order chi connectivity index (χ1) is 10.1. The molecule has 0 heterocycles. The van der Waals surface area contributed by atoms with Crippen molar-refractivity contribution in [2.24, 2.45) is 5.92 Å². The molecular weight excluding hydrogens is 377 g/mol. The first-order valence-corrected chi connectivity index (χ1v) is 8.72. The van der Waals surface area contributed by atoms with Gasteiger partial charge in [0.1, 0.15) is 0 Å². The van der Waals surface area contributed by atoms with Gasteiger partial charge in [0.2, 0.25) is 5.91 Å². The summed E-state index contributed by atoms with van der Waals surface area (Å²) in [6, 6.07) is 7.77. The Morgan fingerprint density at radius 3 is 2.48 bits per heavy atom. The van der Waals surface area contributed by atoms with Crippen LogP contribution in [0.1, 0.15) is 55.8 Å². The molecule has 0 radical (unpaired) electrons. The van der Waals surface area contributed by atoms with Crippen LogP contribution >= 0.6 is 22.6 Å². The van der Waals surface area contributed by atoms with E-state index in [1.165, 1.54) is 19.3 Å². The molecule has 0 bridgehead atoms. The second-order valence-electron chi connectivity index (χ2n) is 5.87. The highest BCUT2D eigenvalue weighted by Gasteiger charge is 2.22. The van der Waals surface area contributed by atoms with Gasteiger partial charge in [0.15, 0.2) is 5.78 Å². The van der Waals surface area contributed by atoms with Gasteiger partial charge in [-0.3, -0.25) is 9.59 Å². The van der Waals surface area contributed by atoms with Crippen LogP contribution in [-0.4, -0.2) is 17.7 Å². The fraction of sp³-hybridized carbons (Fsp3) is 0.529. The maximum absolute atomic E-state index is 12.0. The molecule has 114 valence electrons. The molecule has 2 atom stereocenters. The van der Waals surface area contributed by atoms with Gasteiger partial charge in [0.25, 0.3) is 0 Å². The van der Waals surface area contributed by atoms with E-state index in [1.54, 1.807) is 0 Å². The lowest BCUT2D eigenvalue weighted by atomic mass is 9.86. The Morgan fingerprint density at radius 2 is 1.81 bits per heavy atom. The lowest BCUT2D eigenvalue weighted by Crippen LogP contribution is -2.41. The summed E-state index contributed by atoms with van der Waals surface area (Å²) >= 11 is 2.21. The van der Waals surface area contributed by atoms with Crippen molar-refractivity contribution in [3.8, 4) is 0 Å². The highest BCUT2D eigenvalue weighted by atomic mass is 127. The molecule has 21 heavy (non-hydrogen) atoms. The van der Waals surface area contributed by atoms with Crippen LogP contribution < -0.4 is 5.32 Å². The lowest BCUT2D eigenvalue weighted by Gasteiger charge is -2.29. The molecule has 1 N–H and O–H groups in total. The number of hydrogen-bond acceptors (Lipinski definition) is 2. The minimum atomic E-state index is 0.00705. The summed E-state index contributed by atoms with van der Waals surface area (Å²) in [5.41, 5.74) is 0.689. The van der Waals surface area contributed by atoms with E-state index in [4.69, 9.17) is 0 Å². The predicted octanol–water partition coefficient (Wildman–Crippen LogP) is 3.95. The Morgan fingerprint density at radius 1 is 1.14 bits per heavy atom. The minimum absolute atomic E-state index is 0.00705. The molecule has 0 spiro atoms.